The number of carbonyl (C=O) groups excluding carboxylic acids is 2. The third-order valence-corrected chi connectivity index (χ3v) is 4.23. The Bertz CT molecular complexity index is 956. The molecule has 2 heterocycles. The molecule has 0 aliphatic heterocycles. The normalized spacial score (nSPS) is 10.8. The van der Waals surface area contributed by atoms with E-state index in [1.54, 1.807) is 35.9 Å². The molecule has 0 radical (unpaired) electrons. The van der Waals surface area contributed by atoms with Crippen LogP contribution in [0.4, 0.5) is 5.95 Å². The van der Waals surface area contributed by atoms with E-state index in [4.69, 9.17) is 5.11 Å². The van der Waals surface area contributed by atoms with Crippen LogP contribution in [0.3, 0.4) is 0 Å². The number of amides is 1. The minimum absolute atomic E-state index is 0.0577. The number of ketones is 1. The largest absolute Gasteiger partial charge is 0.394 e. The van der Waals surface area contributed by atoms with E-state index in [0.29, 0.717) is 23.5 Å². The number of carbonyl (C=O) groups is 2. The number of aliphatic hydroxyl groups excluding tert-OH is 1. The number of nitrogens with zero attached hydrogens (tertiary/aromatic N) is 4. The number of rotatable bonds is 7. The maximum Gasteiger partial charge on any atom is 0.248 e. The Balaban J connectivity index is 1.68. The average molecular weight is 367 g/mol. The van der Waals surface area contributed by atoms with Gasteiger partial charge in [0.05, 0.1) is 25.3 Å². The SMILES string of the molecule is Cc1ccc(C(=O)c2ccc(CC(=O)Nc3ncn(CCO)n3)n2C)cc1. The third kappa shape index (κ3) is 4.29. The molecule has 1 aromatic carbocycles. The van der Waals surface area contributed by atoms with Gasteiger partial charge in [-0.05, 0) is 19.1 Å². The Morgan fingerprint density at radius 2 is 1.89 bits per heavy atom. The van der Waals surface area contributed by atoms with Crippen molar-refractivity contribution in [2.24, 2.45) is 7.05 Å². The van der Waals surface area contributed by atoms with E-state index in [2.05, 4.69) is 15.4 Å². The predicted octanol–water partition coefficient (Wildman–Crippen LogP) is 1.33. The molecule has 0 atom stereocenters. The molecule has 0 fully saturated rings. The van der Waals surface area contributed by atoms with E-state index in [1.165, 1.54) is 11.0 Å². The second-order valence-electron chi connectivity index (χ2n) is 6.24. The van der Waals surface area contributed by atoms with Crippen LogP contribution in [0.5, 0.6) is 0 Å². The first-order valence-electron chi connectivity index (χ1n) is 8.54. The van der Waals surface area contributed by atoms with Crippen molar-refractivity contribution in [3.8, 4) is 0 Å². The van der Waals surface area contributed by atoms with Gasteiger partial charge in [0.2, 0.25) is 17.6 Å². The van der Waals surface area contributed by atoms with Gasteiger partial charge in [-0.3, -0.25) is 14.9 Å². The molecule has 0 unspecified atom stereocenters. The van der Waals surface area contributed by atoms with Crippen LogP contribution < -0.4 is 5.32 Å². The first-order chi connectivity index (χ1) is 13.0. The number of aryl methyl sites for hydroxylation is 1. The summed E-state index contributed by atoms with van der Waals surface area (Å²) in [5.74, 6) is -0.195. The zero-order chi connectivity index (χ0) is 19.4. The molecule has 27 heavy (non-hydrogen) atoms. The highest BCUT2D eigenvalue weighted by Crippen LogP contribution is 2.15. The number of aliphatic hydroxyl groups is 1. The first kappa shape index (κ1) is 18.5. The number of hydrogen-bond donors (Lipinski definition) is 2. The lowest BCUT2D eigenvalue weighted by Crippen LogP contribution is -2.18. The summed E-state index contributed by atoms with van der Waals surface area (Å²) in [6, 6.07) is 10.9. The quantitative estimate of drug-likeness (QED) is 0.614. The summed E-state index contributed by atoms with van der Waals surface area (Å²) < 4.78 is 3.16. The van der Waals surface area contributed by atoms with Gasteiger partial charge in [-0.1, -0.05) is 29.8 Å². The van der Waals surface area contributed by atoms with E-state index < -0.39 is 0 Å². The average Bonchev–Trinajstić information content (AvgIpc) is 3.22. The van der Waals surface area contributed by atoms with Gasteiger partial charge >= 0.3 is 0 Å². The van der Waals surface area contributed by atoms with Crippen molar-refractivity contribution >= 4 is 17.6 Å². The molecule has 0 saturated heterocycles. The van der Waals surface area contributed by atoms with E-state index >= 15 is 0 Å². The zero-order valence-corrected chi connectivity index (χ0v) is 15.2. The van der Waals surface area contributed by atoms with Gasteiger partial charge in [0.1, 0.15) is 6.33 Å². The molecule has 3 rings (SSSR count). The zero-order valence-electron chi connectivity index (χ0n) is 15.2. The van der Waals surface area contributed by atoms with Gasteiger partial charge in [0.25, 0.3) is 0 Å². The highest BCUT2D eigenvalue weighted by molar-refractivity contribution is 6.08. The van der Waals surface area contributed by atoms with Crippen molar-refractivity contribution in [1.82, 2.24) is 19.3 Å². The lowest BCUT2D eigenvalue weighted by atomic mass is 10.1. The Labute approximate surface area is 156 Å². The minimum Gasteiger partial charge on any atom is -0.394 e. The maximum atomic E-state index is 12.7. The van der Waals surface area contributed by atoms with Gasteiger partial charge in [-0.15, -0.1) is 5.10 Å². The molecule has 2 aromatic heterocycles. The van der Waals surface area contributed by atoms with Crippen LogP contribution in [-0.2, 0) is 24.8 Å². The molecule has 0 bridgehead atoms. The topological polar surface area (TPSA) is 102 Å². The fraction of sp³-hybridized carbons (Fsp3) is 0.263. The van der Waals surface area contributed by atoms with Crippen molar-refractivity contribution in [2.75, 3.05) is 11.9 Å². The fourth-order valence-corrected chi connectivity index (χ4v) is 2.71. The summed E-state index contributed by atoms with van der Waals surface area (Å²) in [7, 11) is 1.76. The van der Waals surface area contributed by atoms with Crippen LogP contribution in [0.1, 0.15) is 27.3 Å². The lowest BCUT2D eigenvalue weighted by molar-refractivity contribution is -0.115. The summed E-state index contributed by atoms with van der Waals surface area (Å²) in [6.45, 7) is 2.22. The minimum atomic E-state index is -0.285. The Kier molecular flexibility index (Phi) is 5.46. The highest BCUT2D eigenvalue weighted by Gasteiger charge is 2.16. The smallest absolute Gasteiger partial charge is 0.248 e. The van der Waals surface area contributed by atoms with Crippen molar-refractivity contribution in [2.45, 2.75) is 19.9 Å². The fourth-order valence-electron chi connectivity index (χ4n) is 2.71. The van der Waals surface area contributed by atoms with E-state index in [0.717, 1.165) is 5.56 Å². The van der Waals surface area contributed by atoms with Crippen molar-refractivity contribution in [3.05, 3.63) is 65.2 Å². The standard InChI is InChI=1S/C19H21N5O3/c1-13-3-5-14(6-4-13)18(27)16-8-7-15(23(16)2)11-17(26)21-19-20-12-24(22-19)9-10-25/h3-8,12,25H,9-11H2,1-2H3,(H,21,22,26). The van der Waals surface area contributed by atoms with E-state index in [1.807, 2.05) is 19.1 Å². The summed E-state index contributed by atoms with van der Waals surface area (Å²) in [4.78, 5) is 28.9. The van der Waals surface area contributed by atoms with Gasteiger partial charge in [-0.25, -0.2) is 9.67 Å². The molecule has 8 heteroatoms. The Hall–Kier alpha value is -3.26. The summed E-state index contributed by atoms with van der Waals surface area (Å²) >= 11 is 0. The lowest BCUT2D eigenvalue weighted by Gasteiger charge is -2.07. The number of nitrogens with one attached hydrogen (secondary N) is 1. The Morgan fingerprint density at radius 1 is 1.15 bits per heavy atom. The molecule has 140 valence electrons. The summed E-state index contributed by atoms with van der Waals surface area (Å²) in [5.41, 5.74) is 2.92. The second-order valence-corrected chi connectivity index (χ2v) is 6.24. The molecule has 2 N–H and O–H groups in total. The van der Waals surface area contributed by atoms with Crippen LogP contribution in [-0.4, -0.2) is 42.7 Å². The maximum absolute atomic E-state index is 12.7. The summed E-state index contributed by atoms with van der Waals surface area (Å²) in [5, 5.41) is 15.5. The van der Waals surface area contributed by atoms with Crippen molar-refractivity contribution in [1.29, 1.82) is 0 Å². The van der Waals surface area contributed by atoms with Gasteiger partial charge < -0.3 is 9.67 Å². The van der Waals surface area contributed by atoms with Gasteiger partial charge in [-0.2, -0.15) is 0 Å². The molecule has 3 aromatic rings. The molecule has 8 nitrogen and oxygen atoms in total. The molecule has 0 saturated carbocycles. The molecule has 0 spiro atoms. The molecular weight excluding hydrogens is 346 g/mol. The molecular formula is C19H21N5O3. The first-order valence-corrected chi connectivity index (χ1v) is 8.54. The third-order valence-electron chi connectivity index (χ3n) is 4.23. The number of aromatic nitrogens is 4. The monoisotopic (exact) mass is 367 g/mol. The molecule has 0 aliphatic carbocycles. The van der Waals surface area contributed by atoms with Crippen LogP contribution >= 0.6 is 0 Å². The van der Waals surface area contributed by atoms with Crippen LogP contribution in [0, 0.1) is 6.92 Å². The second kappa shape index (κ2) is 7.96. The van der Waals surface area contributed by atoms with Gasteiger partial charge in [0.15, 0.2) is 0 Å². The van der Waals surface area contributed by atoms with Crippen molar-refractivity contribution < 1.29 is 14.7 Å². The van der Waals surface area contributed by atoms with E-state index in [9.17, 15) is 9.59 Å². The van der Waals surface area contributed by atoms with Crippen molar-refractivity contribution in [3.63, 3.8) is 0 Å². The number of hydrogen-bond acceptors (Lipinski definition) is 5. The molecule has 1 amide bonds. The van der Waals surface area contributed by atoms with E-state index in [-0.39, 0.29) is 30.7 Å². The van der Waals surface area contributed by atoms with Crippen LogP contribution in [0.15, 0.2) is 42.7 Å². The number of benzene rings is 1. The highest BCUT2D eigenvalue weighted by atomic mass is 16.3. The Morgan fingerprint density at radius 3 is 2.59 bits per heavy atom. The predicted molar refractivity (Wildman–Crippen MR) is 99.5 cm³/mol. The molecule has 0 aliphatic rings. The van der Waals surface area contributed by atoms with Crippen LogP contribution in [0.2, 0.25) is 0 Å². The number of anilines is 1. The van der Waals surface area contributed by atoms with Crippen LogP contribution in [0.25, 0.3) is 0 Å². The summed E-state index contributed by atoms with van der Waals surface area (Å²) in [6.07, 6.45) is 1.53. The van der Waals surface area contributed by atoms with Gasteiger partial charge in [0, 0.05) is 18.3 Å².